The first-order valence-electron chi connectivity index (χ1n) is 10.3. The van der Waals surface area contributed by atoms with Crippen LogP contribution in [0.15, 0.2) is 35.3 Å². The number of hydrogen-bond donors (Lipinski definition) is 2. The van der Waals surface area contributed by atoms with Crippen molar-refractivity contribution in [1.29, 1.82) is 0 Å². The van der Waals surface area contributed by atoms with E-state index in [9.17, 15) is 0 Å². The Morgan fingerprint density at radius 2 is 1.92 bits per heavy atom. The average Bonchev–Trinajstić information content (AvgIpc) is 2.67. The van der Waals surface area contributed by atoms with E-state index < -0.39 is 0 Å². The number of anilines is 1. The molecule has 0 spiro atoms. The summed E-state index contributed by atoms with van der Waals surface area (Å²) in [5, 5.41) is 7.04. The van der Waals surface area contributed by atoms with Gasteiger partial charge in [-0.25, -0.2) is 0 Å². The van der Waals surface area contributed by atoms with E-state index in [1.165, 1.54) is 44.6 Å². The summed E-state index contributed by atoms with van der Waals surface area (Å²) in [5.74, 6) is 0.976. The fourth-order valence-corrected chi connectivity index (χ4v) is 3.44. The molecule has 2 N–H and O–H groups in total. The zero-order chi connectivity index (χ0) is 18.6. The molecule has 0 saturated carbocycles. The molecule has 1 aromatic carbocycles. The van der Waals surface area contributed by atoms with E-state index in [1.807, 2.05) is 0 Å². The maximum atomic E-state index is 4.78. The molecule has 1 aliphatic heterocycles. The number of aliphatic imine (C=N–C) groups is 1. The smallest absolute Gasteiger partial charge is 0.191 e. The lowest BCUT2D eigenvalue weighted by Gasteiger charge is -2.32. The Morgan fingerprint density at radius 1 is 1.19 bits per heavy atom. The molecule has 0 radical (unpaired) electrons. The summed E-state index contributed by atoms with van der Waals surface area (Å²) in [6, 6.07) is 11.1. The van der Waals surface area contributed by atoms with Crippen molar-refractivity contribution < 1.29 is 0 Å². The van der Waals surface area contributed by atoms with Crippen molar-refractivity contribution in [3.8, 4) is 0 Å². The molecule has 5 nitrogen and oxygen atoms in total. The van der Waals surface area contributed by atoms with Crippen molar-refractivity contribution in [3.63, 3.8) is 0 Å². The minimum absolute atomic E-state index is 0.549. The fourth-order valence-electron chi connectivity index (χ4n) is 3.44. The SMILES string of the molecule is CCCN1CCC(NC(=NCCCN(C)c2ccccc2)NCC)CC1. The highest BCUT2D eigenvalue weighted by molar-refractivity contribution is 5.80. The highest BCUT2D eigenvalue weighted by Crippen LogP contribution is 2.11. The van der Waals surface area contributed by atoms with E-state index in [0.29, 0.717) is 6.04 Å². The van der Waals surface area contributed by atoms with Gasteiger partial charge in [-0.3, -0.25) is 4.99 Å². The van der Waals surface area contributed by atoms with E-state index in [-0.39, 0.29) is 0 Å². The third-order valence-corrected chi connectivity index (χ3v) is 4.93. The number of guanidine groups is 1. The first kappa shape index (κ1) is 20.6. The molecule has 0 aliphatic carbocycles. The number of nitrogens with zero attached hydrogens (tertiary/aromatic N) is 3. The van der Waals surface area contributed by atoms with Crippen LogP contribution in [0, 0.1) is 0 Å². The predicted octanol–water partition coefficient (Wildman–Crippen LogP) is 2.94. The van der Waals surface area contributed by atoms with Crippen molar-refractivity contribution in [2.45, 2.75) is 45.6 Å². The molecular formula is C21H37N5. The largest absolute Gasteiger partial charge is 0.375 e. The summed E-state index contributed by atoms with van der Waals surface area (Å²) in [4.78, 5) is 9.64. The van der Waals surface area contributed by atoms with Crippen molar-refractivity contribution in [2.24, 2.45) is 4.99 Å². The zero-order valence-electron chi connectivity index (χ0n) is 16.9. The van der Waals surface area contributed by atoms with E-state index in [1.54, 1.807) is 0 Å². The number of para-hydroxylation sites is 1. The van der Waals surface area contributed by atoms with E-state index in [2.05, 4.69) is 71.7 Å². The van der Waals surface area contributed by atoms with Gasteiger partial charge in [-0.05, 0) is 51.3 Å². The Balaban J connectivity index is 1.72. The van der Waals surface area contributed by atoms with E-state index in [0.717, 1.165) is 32.0 Å². The second-order valence-corrected chi connectivity index (χ2v) is 7.13. The Hall–Kier alpha value is -1.75. The number of piperidine rings is 1. The van der Waals surface area contributed by atoms with Crippen LogP contribution in [0.1, 0.15) is 39.5 Å². The second kappa shape index (κ2) is 11.8. The highest BCUT2D eigenvalue weighted by Gasteiger charge is 2.19. The molecule has 5 heteroatoms. The molecule has 146 valence electrons. The van der Waals surface area contributed by atoms with Gasteiger partial charge in [-0.2, -0.15) is 0 Å². The van der Waals surface area contributed by atoms with Crippen LogP contribution < -0.4 is 15.5 Å². The number of likely N-dealkylation sites (tertiary alicyclic amines) is 1. The summed E-state index contributed by atoms with van der Waals surface area (Å²) in [6.45, 7) is 10.8. The maximum Gasteiger partial charge on any atom is 0.191 e. The van der Waals surface area contributed by atoms with Crippen LogP contribution in [-0.4, -0.2) is 63.2 Å². The highest BCUT2D eigenvalue weighted by atomic mass is 15.2. The quantitative estimate of drug-likeness (QED) is 0.404. The van der Waals surface area contributed by atoms with Gasteiger partial charge < -0.3 is 20.4 Å². The summed E-state index contributed by atoms with van der Waals surface area (Å²) in [7, 11) is 2.15. The van der Waals surface area contributed by atoms with Gasteiger partial charge >= 0.3 is 0 Å². The summed E-state index contributed by atoms with van der Waals surface area (Å²) < 4.78 is 0. The zero-order valence-corrected chi connectivity index (χ0v) is 16.9. The van der Waals surface area contributed by atoms with Crippen LogP contribution in [0.5, 0.6) is 0 Å². The molecule has 0 atom stereocenters. The third-order valence-electron chi connectivity index (χ3n) is 4.93. The number of nitrogens with one attached hydrogen (secondary N) is 2. The first-order valence-corrected chi connectivity index (χ1v) is 10.3. The molecule has 1 aliphatic rings. The Bertz CT molecular complexity index is 508. The molecule has 0 aromatic heterocycles. The van der Waals surface area contributed by atoms with Crippen LogP contribution in [0.3, 0.4) is 0 Å². The Kier molecular flexibility index (Phi) is 9.32. The molecule has 26 heavy (non-hydrogen) atoms. The topological polar surface area (TPSA) is 42.9 Å². The van der Waals surface area contributed by atoms with Crippen molar-refractivity contribution >= 4 is 11.6 Å². The van der Waals surface area contributed by atoms with E-state index in [4.69, 9.17) is 4.99 Å². The fraction of sp³-hybridized carbons (Fsp3) is 0.667. The summed E-state index contributed by atoms with van der Waals surface area (Å²) in [5.41, 5.74) is 1.26. The van der Waals surface area contributed by atoms with Crippen LogP contribution in [0.2, 0.25) is 0 Å². The molecule has 1 fully saturated rings. The molecule has 0 bridgehead atoms. The van der Waals surface area contributed by atoms with Gasteiger partial charge in [0.05, 0.1) is 0 Å². The van der Waals surface area contributed by atoms with Gasteiger partial charge in [-0.1, -0.05) is 25.1 Å². The normalized spacial score (nSPS) is 16.5. The standard InChI is InChI=1S/C21H37N5/c1-4-15-26-17-12-19(13-18-26)24-21(22-5-2)23-14-9-16-25(3)20-10-7-6-8-11-20/h6-8,10-11,19H,4-5,9,12-18H2,1-3H3,(H2,22,23,24). The minimum Gasteiger partial charge on any atom is -0.375 e. The van der Waals surface area contributed by atoms with E-state index >= 15 is 0 Å². The molecule has 1 aromatic rings. The van der Waals surface area contributed by atoms with Gasteiger partial charge in [0.1, 0.15) is 0 Å². The Morgan fingerprint density at radius 3 is 2.58 bits per heavy atom. The number of benzene rings is 1. The number of rotatable bonds is 9. The molecular weight excluding hydrogens is 322 g/mol. The second-order valence-electron chi connectivity index (χ2n) is 7.13. The molecule has 1 heterocycles. The van der Waals surface area contributed by atoms with Gasteiger partial charge in [0.25, 0.3) is 0 Å². The minimum atomic E-state index is 0.549. The van der Waals surface area contributed by atoms with Crippen LogP contribution in [-0.2, 0) is 0 Å². The monoisotopic (exact) mass is 359 g/mol. The lowest BCUT2D eigenvalue weighted by molar-refractivity contribution is 0.206. The number of hydrogen-bond acceptors (Lipinski definition) is 3. The van der Waals surface area contributed by atoms with Crippen molar-refractivity contribution in [3.05, 3.63) is 30.3 Å². The average molecular weight is 360 g/mol. The lowest BCUT2D eigenvalue weighted by Crippen LogP contribution is -2.48. The van der Waals surface area contributed by atoms with Crippen molar-refractivity contribution in [2.75, 3.05) is 51.2 Å². The van der Waals surface area contributed by atoms with Crippen LogP contribution in [0.4, 0.5) is 5.69 Å². The molecule has 2 rings (SSSR count). The third kappa shape index (κ3) is 7.24. The molecule has 0 unspecified atom stereocenters. The van der Waals surface area contributed by atoms with Gasteiger partial charge in [0.15, 0.2) is 5.96 Å². The van der Waals surface area contributed by atoms with Crippen LogP contribution >= 0.6 is 0 Å². The lowest BCUT2D eigenvalue weighted by atomic mass is 10.1. The van der Waals surface area contributed by atoms with Gasteiger partial charge in [0.2, 0.25) is 0 Å². The predicted molar refractivity (Wildman–Crippen MR) is 113 cm³/mol. The summed E-state index contributed by atoms with van der Waals surface area (Å²) in [6.07, 6.45) is 4.72. The first-order chi connectivity index (χ1) is 12.7. The Labute approximate surface area is 159 Å². The van der Waals surface area contributed by atoms with Gasteiger partial charge in [0, 0.05) is 51.5 Å². The van der Waals surface area contributed by atoms with Crippen LogP contribution in [0.25, 0.3) is 0 Å². The maximum absolute atomic E-state index is 4.78. The molecule has 1 saturated heterocycles. The van der Waals surface area contributed by atoms with Gasteiger partial charge in [-0.15, -0.1) is 0 Å². The van der Waals surface area contributed by atoms with Crippen molar-refractivity contribution in [1.82, 2.24) is 15.5 Å². The summed E-state index contributed by atoms with van der Waals surface area (Å²) >= 11 is 0. The molecule has 0 amide bonds.